The van der Waals surface area contributed by atoms with Crippen LogP contribution in [0.1, 0.15) is 31.0 Å². The number of nitrogens with zero attached hydrogens (tertiary/aromatic N) is 2. The first-order valence-electron chi connectivity index (χ1n) is 12.1. The van der Waals surface area contributed by atoms with Gasteiger partial charge in [-0.1, -0.05) is 37.2 Å². The summed E-state index contributed by atoms with van der Waals surface area (Å²) < 4.78 is 19.2. The van der Waals surface area contributed by atoms with E-state index in [1.165, 1.54) is 18.0 Å². The van der Waals surface area contributed by atoms with Crippen molar-refractivity contribution in [1.29, 1.82) is 0 Å². The fourth-order valence-corrected chi connectivity index (χ4v) is 5.02. The van der Waals surface area contributed by atoms with Crippen molar-refractivity contribution in [3.05, 3.63) is 88.4 Å². The van der Waals surface area contributed by atoms with E-state index >= 15 is 0 Å². The van der Waals surface area contributed by atoms with Crippen molar-refractivity contribution in [3.63, 3.8) is 0 Å². The topological polar surface area (TPSA) is 78.5 Å². The van der Waals surface area contributed by atoms with Crippen LogP contribution < -0.4 is 15.2 Å². The molecule has 8 heteroatoms. The Morgan fingerprint density at radius 3 is 2.46 bits per heavy atom. The molecule has 192 valence electrons. The van der Waals surface area contributed by atoms with E-state index in [-0.39, 0.29) is 16.2 Å². The van der Waals surface area contributed by atoms with Crippen LogP contribution >= 0.6 is 11.8 Å². The second-order valence-corrected chi connectivity index (χ2v) is 9.80. The second-order valence-electron chi connectivity index (χ2n) is 8.72. The molecule has 37 heavy (non-hydrogen) atoms. The number of aromatic hydroxyl groups is 1. The van der Waals surface area contributed by atoms with Crippen molar-refractivity contribution in [2.45, 2.75) is 42.9 Å². The number of H-pyrrole nitrogens is 1. The molecule has 0 radical (unpaired) electrons. The quantitative estimate of drug-likeness (QED) is 0.235. The van der Waals surface area contributed by atoms with Gasteiger partial charge in [0.1, 0.15) is 16.3 Å². The minimum Gasteiger partial charge on any atom is -0.504 e. The predicted molar refractivity (Wildman–Crippen MR) is 147 cm³/mol. The van der Waals surface area contributed by atoms with Gasteiger partial charge in [-0.3, -0.25) is 4.79 Å². The average molecular weight is 520 g/mol. The number of methoxy groups -OCH3 is 1. The molecule has 4 rings (SSSR count). The van der Waals surface area contributed by atoms with Gasteiger partial charge in [0.2, 0.25) is 5.95 Å². The number of aromatic amines is 1. The third-order valence-corrected chi connectivity index (χ3v) is 7.39. The smallest absolute Gasteiger partial charge is 0.266 e. The molecule has 0 unspecified atom stereocenters. The number of hydrogen-bond acceptors (Lipinski definition) is 6. The zero-order chi connectivity index (χ0) is 26.5. The van der Waals surface area contributed by atoms with Gasteiger partial charge in [0.05, 0.1) is 7.11 Å². The summed E-state index contributed by atoms with van der Waals surface area (Å²) in [5.41, 5.74) is 3.85. The Hall–Kier alpha value is -3.78. The molecule has 0 aliphatic rings. The maximum atomic E-state index is 13.9. The van der Waals surface area contributed by atoms with E-state index in [4.69, 9.17) is 4.74 Å². The molecule has 0 aliphatic carbocycles. The van der Waals surface area contributed by atoms with Crippen LogP contribution in [0.25, 0.3) is 11.1 Å². The molecule has 0 bridgehead atoms. The van der Waals surface area contributed by atoms with Crippen molar-refractivity contribution in [2.24, 2.45) is 0 Å². The van der Waals surface area contributed by atoms with Crippen LogP contribution in [0, 0.1) is 12.9 Å². The largest absolute Gasteiger partial charge is 0.504 e. The normalized spacial score (nSPS) is 10.9. The Kier molecular flexibility index (Phi) is 8.18. The zero-order valence-corrected chi connectivity index (χ0v) is 22.2. The van der Waals surface area contributed by atoms with E-state index in [0.717, 1.165) is 40.3 Å². The summed E-state index contributed by atoms with van der Waals surface area (Å²) in [6.45, 7) is 3.78. The SMILES string of the molecule is CCCCc1[nH]c(=O)c(Sc2ccc(-c3ccnc(F)c3C)cc2)c(O)c1N(C)c1ccc(OC)cc1. The minimum atomic E-state index is -0.496. The Labute approximate surface area is 220 Å². The van der Waals surface area contributed by atoms with Crippen LogP contribution in [-0.2, 0) is 6.42 Å². The Morgan fingerprint density at radius 1 is 1.11 bits per heavy atom. The molecule has 0 fully saturated rings. The van der Waals surface area contributed by atoms with Gasteiger partial charge in [-0.05, 0) is 73.4 Å². The predicted octanol–water partition coefficient (Wildman–Crippen LogP) is 6.86. The molecule has 2 aromatic carbocycles. The summed E-state index contributed by atoms with van der Waals surface area (Å²) in [5.74, 6) is 0.178. The highest BCUT2D eigenvalue weighted by atomic mass is 32.2. The summed E-state index contributed by atoms with van der Waals surface area (Å²) >= 11 is 1.19. The maximum absolute atomic E-state index is 13.9. The van der Waals surface area contributed by atoms with E-state index in [0.29, 0.717) is 23.4 Å². The monoisotopic (exact) mass is 519 g/mol. The summed E-state index contributed by atoms with van der Waals surface area (Å²) in [7, 11) is 3.48. The summed E-state index contributed by atoms with van der Waals surface area (Å²) in [6, 6.07) is 16.7. The number of ether oxygens (including phenoxy) is 1. The Balaban J connectivity index is 1.70. The van der Waals surface area contributed by atoms with E-state index in [1.54, 1.807) is 20.1 Å². The highest BCUT2D eigenvalue weighted by Gasteiger charge is 2.22. The van der Waals surface area contributed by atoms with E-state index < -0.39 is 5.95 Å². The minimum absolute atomic E-state index is 0.0608. The van der Waals surface area contributed by atoms with Gasteiger partial charge in [0.15, 0.2) is 5.75 Å². The van der Waals surface area contributed by atoms with Gasteiger partial charge in [0, 0.05) is 35.1 Å². The number of rotatable bonds is 9. The van der Waals surface area contributed by atoms with Crippen molar-refractivity contribution in [2.75, 3.05) is 19.1 Å². The van der Waals surface area contributed by atoms with Gasteiger partial charge in [-0.2, -0.15) is 4.39 Å². The lowest BCUT2D eigenvalue weighted by Crippen LogP contribution is -2.19. The lowest BCUT2D eigenvalue weighted by Gasteiger charge is -2.25. The first-order valence-corrected chi connectivity index (χ1v) is 12.9. The number of benzene rings is 2. The Morgan fingerprint density at radius 2 is 1.81 bits per heavy atom. The van der Waals surface area contributed by atoms with E-state index in [2.05, 4.69) is 16.9 Å². The fraction of sp³-hybridized carbons (Fsp3) is 0.241. The van der Waals surface area contributed by atoms with Gasteiger partial charge in [0.25, 0.3) is 5.56 Å². The number of pyridine rings is 2. The zero-order valence-electron chi connectivity index (χ0n) is 21.3. The lowest BCUT2D eigenvalue weighted by molar-refractivity contribution is 0.415. The molecule has 2 N–H and O–H groups in total. The second kappa shape index (κ2) is 11.5. The highest BCUT2D eigenvalue weighted by Crippen LogP contribution is 2.42. The number of aromatic nitrogens is 2. The number of halogens is 1. The van der Waals surface area contributed by atoms with Crippen LogP contribution in [0.2, 0.25) is 0 Å². The molecular weight excluding hydrogens is 489 g/mol. The molecule has 0 aliphatic heterocycles. The van der Waals surface area contributed by atoms with Crippen molar-refractivity contribution < 1.29 is 14.2 Å². The molecular formula is C29H30FN3O3S. The standard InChI is InChI=1S/C29H30FN3O3S/c1-5-6-7-24-25(33(3)20-10-12-21(36-4)13-11-20)26(34)27(29(35)32-24)37-22-14-8-19(9-15-22)23-16-17-31-28(30)18(23)2/h8-17H,5-7H2,1-4H3,(H2,32,34,35). The molecule has 0 saturated heterocycles. The highest BCUT2D eigenvalue weighted by molar-refractivity contribution is 7.99. The van der Waals surface area contributed by atoms with Crippen molar-refractivity contribution >= 4 is 23.1 Å². The van der Waals surface area contributed by atoms with E-state index in [9.17, 15) is 14.3 Å². The summed E-state index contributed by atoms with van der Waals surface area (Å²) in [4.78, 5) is 22.6. The molecule has 0 saturated carbocycles. The van der Waals surface area contributed by atoms with Gasteiger partial charge >= 0.3 is 0 Å². The third-order valence-electron chi connectivity index (χ3n) is 6.30. The van der Waals surface area contributed by atoms with E-state index in [1.807, 2.05) is 60.5 Å². The number of anilines is 2. The van der Waals surface area contributed by atoms with Gasteiger partial charge < -0.3 is 19.7 Å². The molecule has 0 atom stereocenters. The van der Waals surface area contributed by atoms with Crippen LogP contribution in [0.4, 0.5) is 15.8 Å². The van der Waals surface area contributed by atoms with Crippen LogP contribution in [-0.4, -0.2) is 29.2 Å². The molecule has 0 spiro atoms. The number of hydrogen-bond donors (Lipinski definition) is 2. The van der Waals surface area contributed by atoms with Gasteiger partial charge in [-0.15, -0.1) is 0 Å². The molecule has 6 nitrogen and oxygen atoms in total. The Bertz CT molecular complexity index is 1440. The number of unbranched alkanes of at least 4 members (excludes halogenated alkanes) is 1. The van der Waals surface area contributed by atoms with Crippen molar-refractivity contribution in [3.8, 4) is 22.6 Å². The number of aryl methyl sites for hydroxylation is 1. The summed E-state index contributed by atoms with van der Waals surface area (Å²) in [6.07, 6.45) is 3.91. The van der Waals surface area contributed by atoms with Crippen LogP contribution in [0.3, 0.4) is 0 Å². The lowest BCUT2D eigenvalue weighted by atomic mass is 10.0. The van der Waals surface area contributed by atoms with Gasteiger partial charge in [-0.25, -0.2) is 4.98 Å². The molecule has 2 aromatic heterocycles. The molecule has 0 amide bonds. The molecule has 2 heterocycles. The first-order chi connectivity index (χ1) is 17.8. The summed E-state index contributed by atoms with van der Waals surface area (Å²) in [5, 5.41) is 11.4. The fourth-order valence-electron chi connectivity index (χ4n) is 4.18. The molecule has 4 aromatic rings. The van der Waals surface area contributed by atoms with Crippen LogP contribution in [0.15, 0.2) is 75.4 Å². The first kappa shape index (κ1) is 26.3. The maximum Gasteiger partial charge on any atom is 0.266 e. The van der Waals surface area contributed by atoms with Crippen LogP contribution in [0.5, 0.6) is 11.5 Å². The number of nitrogens with one attached hydrogen (secondary N) is 1. The third kappa shape index (κ3) is 5.64. The van der Waals surface area contributed by atoms with Crippen molar-refractivity contribution in [1.82, 2.24) is 9.97 Å². The average Bonchev–Trinajstić information content (AvgIpc) is 2.91.